The molecule has 0 heterocycles. The SMILES string of the molecule is CCC(C)NC(=O)CCNc1cccc(N)c1. The molecule has 1 amide bonds. The van der Waals surface area contributed by atoms with Gasteiger partial charge in [-0.1, -0.05) is 13.0 Å². The maximum absolute atomic E-state index is 11.5. The largest absolute Gasteiger partial charge is 0.399 e. The van der Waals surface area contributed by atoms with E-state index in [4.69, 9.17) is 5.73 Å². The molecular formula is C13H21N3O. The number of nitrogens with two attached hydrogens (primary N) is 1. The minimum Gasteiger partial charge on any atom is -0.399 e. The Morgan fingerprint density at radius 3 is 2.88 bits per heavy atom. The Bertz CT molecular complexity index is 365. The Hall–Kier alpha value is -1.71. The molecule has 0 aliphatic carbocycles. The summed E-state index contributed by atoms with van der Waals surface area (Å²) >= 11 is 0. The van der Waals surface area contributed by atoms with Crippen LogP contribution in [0.3, 0.4) is 0 Å². The first-order valence-corrected chi connectivity index (χ1v) is 6.00. The molecule has 1 atom stereocenters. The third-order valence-electron chi connectivity index (χ3n) is 2.59. The van der Waals surface area contributed by atoms with E-state index in [0.29, 0.717) is 13.0 Å². The summed E-state index contributed by atoms with van der Waals surface area (Å²) in [5.74, 6) is 0.0794. The van der Waals surface area contributed by atoms with E-state index in [2.05, 4.69) is 17.6 Å². The topological polar surface area (TPSA) is 67.2 Å². The maximum atomic E-state index is 11.5. The van der Waals surface area contributed by atoms with E-state index in [0.717, 1.165) is 17.8 Å². The Labute approximate surface area is 103 Å². The van der Waals surface area contributed by atoms with Crippen molar-refractivity contribution in [2.45, 2.75) is 32.7 Å². The van der Waals surface area contributed by atoms with E-state index in [1.165, 1.54) is 0 Å². The van der Waals surface area contributed by atoms with E-state index < -0.39 is 0 Å². The van der Waals surface area contributed by atoms with Crippen LogP contribution in [0.2, 0.25) is 0 Å². The predicted octanol–water partition coefficient (Wildman–Crippen LogP) is 1.99. The van der Waals surface area contributed by atoms with Crippen LogP contribution in [0.15, 0.2) is 24.3 Å². The number of hydrogen-bond acceptors (Lipinski definition) is 3. The highest BCUT2D eigenvalue weighted by Gasteiger charge is 2.04. The van der Waals surface area contributed by atoms with Gasteiger partial charge < -0.3 is 16.4 Å². The molecule has 1 aromatic carbocycles. The lowest BCUT2D eigenvalue weighted by Crippen LogP contribution is -2.32. The highest BCUT2D eigenvalue weighted by molar-refractivity contribution is 5.76. The van der Waals surface area contributed by atoms with Gasteiger partial charge in [0.05, 0.1) is 0 Å². The molecule has 1 rings (SSSR count). The lowest BCUT2D eigenvalue weighted by molar-refractivity contribution is -0.121. The molecule has 0 spiro atoms. The van der Waals surface area contributed by atoms with Crippen LogP contribution in [0, 0.1) is 0 Å². The van der Waals surface area contributed by atoms with E-state index in [1.807, 2.05) is 31.2 Å². The Kier molecular flexibility index (Phi) is 5.33. The Morgan fingerprint density at radius 2 is 2.24 bits per heavy atom. The molecule has 4 nitrogen and oxygen atoms in total. The van der Waals surface area contributed by atoms with E-state index in [-0.39, 0.29) is 11.9 Å². The zero-order chi connectivity index (χ0) is 12.7. The van der Waals surface area contributed by atoms with Gasteiger partial charge in [0.15, 0.2) is 0 Å². The summed E-state index contributed by atoms with van der Waals surface area (Å²) in [6, 6.07) is 7.75. The normalized spacial score (nSPS) is 11.9. The number of carbonyl (C=O) groups excluding carboxylic acids is 1. The van der Waals surface area contributed by atoms with Crippen LogP contribution in [-0.4, -0.2) is 18.5 Å². The van der Waals surface area contributed by atoms with Crippen LogP contribution < -0.4 is 16.4 Å². The quantitative estimate of drug-likeness (QED) is 0.660. The lowest BCUT2D eigenvalue weighted by Gasteiger charge is -2.12. The molecule has 0 aromatic heterocycles. The molecule has 0 radical (unpaired) electrons. The molecule has 0 aliphatic heterocycles. The zero-order valence-electron chi connectivity index (χ0n) is 10.5. The Morgan fingerprint density at radius 1 is 1.47 bits per heavy atom. The van der Waals surface area contributed by atoms with E-state index >= 15 is 0 Å². The van der Waals surface area contributed by atoms with Gasteiger partial charge in [0.1, 0.15) is 0 Å². The van der Waals surface area contributed by atoms with Crippen molar-refractivity contribution in [2.24, 2.45) is 0 Å². The summed E-state index contributed by atoms with van der Waals surface area (Å²) < 4.78 is 0. The first-order valence-electron chi connectivity index (χ1n) is 6.00. The van der Waals surface area contributed by atoms with Gasteiger partial charge in [-0.15, -0.1) is 0 Å². The summed E-state index contributed by atoms with van der Waals surface area (Å²) in [5.41, 5.74) is 7.32. The third kappa shape index (κ3) is 5.24. The molecule has 0 bridgehead atoms. The number of nitrogens with one attached hydrogen (secondary N) is 2. The highest BCUT2D eigenvalue weighted by Crippen LogP contribution is 2.11. The second-order valence-corrected chi connectivity index (χ2v) is 4.18. The summed E-state index contributed by atoms with van der Waals surface area (Å²) in [4.78, 5) is 11.5. The number of anilines is 2. The van der Waals surface area contributed by atoms with Crippen LogP contribution in [0.1, 0.15) is 26.7 Å². The van der Waals surface area contributed by atoms with Crippen molar-refractivity contribution in [1.82, 2.24) is 5.32 Å². The molecule has 0 fully saturated rings. The van der Waals surface area contributed by atoms with Crippen LogP contribution >= 0.6 is 0 Å². The molecule has 1 unspecified atom stereocenters. The van der Waals surface area contributed by atoms with Gasteiger partial charge in [-0.2, -0.15) is 0 Å². The zero-order valence-corrected chi connectivity index (χ0v) is 10.5. The first-order chi connectivity index (χ1) is 8.11. The molecule has 4 heteroatoms. The number of carbonyl (C=O) groups is 1. The highest BCUT2D eigenvalue weighted by atomic mass is 16.1. The minimum absolute atomic E-state index is 0.0794. The molecule has 0 aliphatic rings. The fraction of sp³-hybridized carbons (Fsp3) is 0.462. The van der Waals surface area contributed by atoms with Crippen LogP contribution in [0.4, 0.5) is 11.4 Å². The second-order valence-electron chi connectivity index (χ2n) is 4.18. The smallest absolute Gasteiger partial charge is 0.221 e. The van der Waals surface area contributed by atoms with E-state index in [1.54, 1.807) is 0 Å². The molecule has 4 N–H and O–H groups in total. The van der Waals surface area contributed by atoms with Gasteiger partial charge in [0.25, 0.3) is 0 Å². The number of hydrogen-bond donors (Lipinski definition) is 3. The van der Waals surface area contributed by atoms with Crippen molar-refractivity contribution < 1.29 is 4.79 Å². The summed E-state index contributed by atoms with van der Waals surface area (Å²) in [6.45, 7) is 4.67. The summed E-state index contributed by atoms with van der Waals surface area (Å²) in [6.07, 6.45) is 1.42. The number of nitrogen functional groups attached to an aromatic ring is 1. The average molecular weight is 235 g/mol. The van der Waals surface area contributed by atoms with Crippen molar-refractivity contribution >= 4 is 17.3 Å². The fourth-order valence-corrected chi connectivity index (χ4v) is 1.42. The maximum Gasteiger partial charge on any atom is 0.221 e. The summed E-state index contributed by atoms with van der Waals surface area (Å²) in [7, 11) is 0. The van der Waals surface area contributed by atoms with Crippen LogP contribution in [-0.2, 0) is 4.79 Å². The van der Waals surface area contributed by atoms with Gasteiger partial charge in [-0.25, -0.2) is 0 Å². The lowest BCUT2D eigenvalue weighted by atomic mass is 10.2. The van der Waals surface area contributed by atoms with Crippen LogP contribution in [0.25, 0.3) is 0 Å². The van der Waals surface area contributed by atoms with Crippen molar-refractivity contribution in [3.8, 4) is 0 Å². The third-order valence-corrected chi connectivity index (χ3v) is 2.59. The molecular weight excluding hydrogens is 214 g/mol. The van der Waals surface area contributed by atoms with Gasteiger partial charge in [-0.3, -0.25) is 4.79 Å². The molecule has 17 heavy (non-hydrogen) atoms. The Balaban J connectivity index is 2.26. The number of benzene rings is 1. The molecule has 94 valence electrons. The van der Waals surface area contributed by atoms with Gasteiger partial charge >= 0.3 is 0 Å². The number of rotatable bonds is 6. The molecule has 1 aromatic rings. The average Bonchev–Trinajstić information content (AvgIpc) is 2.29. The molecule has 0 saturated heterocycles. The minimum atomic E-state index is 0.0794. The van der Waals surface area contributed by atoms with Crippen molar-refractivity contribution in [3.63, 3.8) is 0 Å². The van der Waals surface area contributed by atoms with Crippen molar-refractivity contribution in [3.05, 3.63) is 24.3 Å². The second kappa shape index (κ2) is 6.78. The summed E-state index contributed by atoms with van der Waals surface area (Å²) in [5, 5.41) is 6.09. The van der Waals surface area contributed by atoms with Gasteiger partial charge in [-0.05, 0) is 31.5 Å². The molecule has 0 saturated carbocycles. The monoisotopic (exact) mass is 235 g/mol. The van der Waals surface area contributed by atoms with Crippen molar-refractivity contribution in [2.75, 3.05) is 17.6 Å². The van der Waals surface area contributed by atoms with Gasteiger partial charge in [0.2, 0.25) is 5.91 Å². The first kappa shape index (κ1) is 13.4. The van der Waals surface area contributed by atoms with Crippen LogP contribution in [0.5, 0.6) is 0 Å². The van der Waals surface area contributed by atoms with E-state index in [9.17, 15) is 4.79 Å². The number of amides is 1. The van der Waals surface area contributed by atoms with Gasteiger partial charge in [0, 0.05) is 30.4 Å². The standard InChI is InChI=1S/C13H21N3O/c1-3-10(2)16-13(17)7-8-15-12-6-4-5-11(14)9-12/h4-6,9-10,15H,3,7-8,14H2,1-2H3,(H,16,17). The predicted molar refractivity (Wildman–Crippen MR) is 71.9 cm³/mol. The fourth-order valence-electron chi connectivity index (χ4n) is 1.42. The van der Waals surface area contributed by atoms with Crippen molar-refractivity contribution in [1.29, 1.82) is 0 Å².